The summed E-state index contributed by atoms with van der Waals surface area (Å²) in [5.74, 6) is 3.09. The van der Waals surface area contributed by atoms with Crippen molar-refractivity contribution in [3.63, 3.8) is 0 Å². The second-order valence-electron chi connectivity index (χ2n) is 4.07. The molecule has 1 aromatic heterocycles. The Balaban J connectivity index is 2.70. The fourth-order valence-electron chi connectivity index (χ4n) is 1.68. The van der Waals surface area contributed by atoms with E-state index in [1.807, 2.05) is 18.0 Å². The van der Waals surface area contributed by atoms with Gasteiger partial charge in [0.25, 0.3) is 0 Å². The maximum atomic E-state index is 5.63. The van der Waals surface area contributed by atoms with Crippen LogP contribution in [-0.4, -0.2) is 29.6 Å². The van der Waals surface area contributed by atoms with Gasteiger partial charge >= 0.3 is 0 Å². The van der Waals surface area contributed by atoms with Crippen LogP contribution in [0.3, 0.4) is 0 Å². The van der Waals surface area contributed by atoms with Crippen molar-refractivity contribution < 1.29 is 4.74 Å². The molecule has 1 heterocycles. The summed E-state index contributed by atoms with van der Waals surface area (Å²) in [6, 6.07) is 2.46. The minimum Gasteiger partial charge on any atom is -0.492 e. The van der Waals surface area contributed by atoms with E-state index >= 15 is 0 Å². The van der Waals surface area contributed by atoms with Crippen molar-refractivity contribution in [3.8, 4) is 5.75 Å². The number of thioether (sulfide) groups is 1. The van der Waals surface area contributed by atoms with Crippen LogP contribution in [0.1, 0.15) is 38.8 Å². The summed E-state index contributed by atoms with van der Waals surface area (Å²) in [7, 11) is 0. The molecule has 1 aromatic rings. The number of rotatable bonds is 9. The van der Waals surface area contributed by atoms with Gasteiger partial charge in [0.15, 0.2) is 0 Å². The second-order valence-corrected chi connectivity index (χ2v) is 5.39. The molecule has 4 heteroatoms. The molecule has 3 nitrogen and oxygen atoms in total. The van der Waals surface area contributed by atoms with Gasteiger partial charge in [-0.1, -0.05) is 20.8 Å². The molecule has 18 heavy (non-hydrogen) atoms. The van der Waals surface area contributed by atoms with E-state index in [0.717, 1.165) is 36.8 Å². The van der Waals surface area contributed by atoms with E-state index in [9.17, 15) is 0 Å². The Morgan fingerprint density at radius 3 is 2.83 bits per heavy atom. The van der Waals surface area contributed by atoms with Gasteiger partial charge in [-0.25, -0.2) is 0 Å². The molecular weight excluding hydrogens is 244 g/mol. The van der Waals surface area contributed by atoms with Crippen molar-refractivity contribution in [2.45, 2.75) is 33.2 Å². The highest BCUT2D eigenvalue weighted by molar-refractivity contribution is 7.99. The van der Waals surface area contributed by atoms with Crippen LogP contribution in [0, 0.1) is 0 Å². The summed E-state index contributed by atoms with van der Waals surface area (Å²) in [6.45, 7) is 8.15. The molecule has 102 valence electrons. The lowest BCUT2D eigenvalue weighted by molar-refractivity contribution is 0.315. The van der Waals surface area contributed by atoms with Crippen LogP contribution in [0.15, 0.2) is 18.5 Å². The zero-order valence-electron chi connectivity index (χ0n) is 11.6. The highest BCUT2D eigenvalue weighted by atomic mass is 32.2. The number of aromatic nitrogens is 1. The van der Waals surface area contributed by atoms with Gasteiger partial charge in [0.1, 0.15) is 5.75 Å². The molecule has 0 aliphatic rings. The van der Waals surface area contributed by atoms with Crippen molar-refractivity contribution in [2.24, 2.45) is 0 Å². The van der Waals surface area contributed by atoms with Crippen molar-refractivity contribution in [3.05, 3.63) is 24.0 Å². The van der Waals surface area contributed by atoms with E-state index in [-0.39, 0.29) is 0 Å². The monoisotopic (exact) mass is 268 g/mol. The van der Waals surface area contributed by atoms with E-state index in [1.165, 1.54) is 5.56 Å². The fraction of sp³-hybridized carbons (Fsp3) is 0.643. The Morgan fingerprint density at radius 1 is 1.33 bits per heavy atom. The molecule has 0 saturated carbocycles. The first-order chi connectivity index (χ1) is 8.81. The number of pyridine rings is 1. The number of hydrogen-bond donors (Lipinski definition) is 1. The predicted octanol–water partition coefficient (Wildman–Crippen LogP) is 3.27. The Morgan fingerprint density at radius 2 is 2.17 bits per heavy atom. The third kappa shape index (κ3) is 5.27. The molecule has 0 fully saturated rings. The first kappa shape index (κ1) is 15.3. The minimum atomic E-state index is 0.359. The normalized spacial score (nSPS) is 12.4. The molecular formula is C14H24N2OS. The standard InChI is InChI=1S/C14H24N2OS/c1-4-7-17-13-8-12(9-15-10-13)14(16-5-2)11-18-6-3/h8-10,14,16H,4-7,11H2,1-3H3. The third-order valence-electron chi connectivity index (χ3n) is 2.55. The van der Waals surface area contributed by atoms with Crippen LogP contribution in [0.25, 0.3) is 0 Å². The number of nitrogens with zero attached hydrogens (tertiary/aromatic N) is 1. The fourth-order valence-corrected chi connectivity index (χ4v) is 2.46. The second kappa shape index (κ2) is 9.22. The van der Waals surface area contributed by atoms with Gasteiger partial charge in [-0.3, -0.25) is 4.98 Å². The molecule has 1 N–H and O–H groups in total. The van der Waals surface area contributed by atoms with Crippen molar-refractivity contribution in [1.29, 1.82) is 0 Å². The van der Waals surface area contributed by atoms with Crippen LogP contribution >= 0.6 is 11.8 Å². The maximum absolute atomic E-state index is 5.63. The summed E-state index contributed by atoms with van der Waals surface area (Å²) >= 11 is 1.94. The molecule has 0 bridgehead atoms. The topological polar surface area (TPSA) is 34.1 Å². The molecule has 0 aliphatic carbocycles. The van der Waals surface area contributed by atoms with Crippen LogP contribution in [0.4, 0.5) is 0 Å². The van der Waals surface area contributed by atoms with Gasteiger partial charge in [0.2, 0.25) is 0 Å². The molecule has 0 amide bonds. The molecule has 0 radical (unpaired) electrons. The van der Waals surface area contributed by atoms with Gasteiger partial charge in [0.05, 0.1) is 12.8 Å². The Bertz CT molecular complexity index is 333. The van der Waals surface area contributed by atoms with E-state index in [4.69, 9.17) is 4.74 Å². The summed E-state index contributed by atoms with van der Waals surface area (Å²) in [5.41, 5.74) is 1.21. The van der Waals surface area contributed by atoms with Gasteiger partial charge in [-0.05, 0) is 30.3 Å². The molecule has 1 unspecified atom stereocenters. The van der Waals surface area contributed by atoms with Gasteiger partial charge in [-0.2, -0.15) is 11.8 Å². The Hall–Kier alpha value is -0.740. The lowest BCUT2D eigenvalue weighted by Crippen LogP contribution is -2.23. The lowest BCUT2D eigenvalue weighted by Gasteiger charge is -2.18. The van der Waals surface area contributed by atoms with E-state index in [2.05, 4.69) is 37.1 Å². The molecule has 1 rings (SSSR count). The van der Waals surface area contributed by atoms with E-state index in [0.29, 0.717) is 6.04 Å². The Labute approximate surface area is 115 Å². The lowest BCUT2D eigenvalue weighted by atomic mass is 10.1. The average molecular weight is 268 g/mol. The predicted molar refractivity (Wildman–Crippen MR) is 79.4 cm³/mol. The van der Waals surface area contributed by atoms with Crippen molar-refractivity contribution >= 4 is 11.8 Å². The molecule has 0 saturated heterocycles. The highest BCUT2D eigenvalue weighted by Gasteiger charge is 2.11. The largest absolute Gasteiger partial charge is 0.492 e. The summed E-state index contributed by atoms with van der Waals surface area (Å²) < 4.78 is 5.63. The zero-order chi connectivity index (χ0) is 13.2. The smallest absolute Gasteiger partial charge is 0.137 e. The molecule has 0 aliphatic heterocycles. The number of nitrogens with one attached hydrogen (secondary N) is 1. The van der Waals surface area contributed by atoms with Crippen LogP contribution in [0.5, 0.6) is 5.75 Å². The summed E-state index contributed by atoms with van der Waals surface area (Å²) in [4.78, 5) is 4.27. The van der Waals surface area contributed by atoms with Crippen LogP contribution in [-0.2, 0) is 0 Å². The van der Waals surface area contributed by atoms with E-state index in [1.54, 1.807) is 6.20 Å². The van der Waals surface area contributed by atoms with Gasteiger partial charge in [-0.15, -0.1) is 0 Å². The number of hydrogen-bond acceptors (Lipinski definition) is 4. The number of ether oxygens (including phenoxy) is 1. The summed E-state index contributed by atoms with van der Waals surface area (Å²) in [5, 5.41) is 3.50. The summed E-state index contributed by atoms with van der Waals surface area (Å²) in [6.07, 6.45) is 4.74. The maximum Gasteiger partial charge on any atom is 0.137 e. The first-order valence-electron chi connectivity index (χ1n) is 6.70. The molecule has 0 spiro atoms. The SMILES string of the molecule is CCCOc1cncc(C(CSCC)NCC)c1. The first-order valence-corrected chi connectivity index (χ1v) is 7.86. The zero-order valence-corrected chi connectivity index (χ0v) is 12.4. The van der Waals surface area contributed by atoms with Gasteiger partial charge < -0.3 is 10.1 Å². The Kier molecular flexibility index (Phi) is 7.85. The molecule has 0 aromatic carbocycles. The van der Waals surface area contributed by atoms with Crippen LogP contribution < -0.4 is 10.1 Å². The van der Waals surface area contributed by atoms with Crippen molar-refractivity contribution in [1.82, 2.24) is 10.3 Å². The molecule has 1 atom stereocenters. The third-order valence-corrected chi connectivity index (χ3v) is 3.53. The van der Waals surface area contributed by atoms with E-state index < -0.39 is 0 Å². The van der Waals surface area contributed by atoms with Gasteiger partial charge in [0, 0.05) is 18.0 Å². The average Bonchev–Trinajstić information content (AvgIpc) is 2.41. The highest BCUT2D eigenvalue weighted by Crippen LogP contribution is 2.21. The quantitative estimate of drug-likeness (QED) is 0.745. The minimum absolute atomic E-state index is 0.359. The van der Waals surface area contributed by atoms with Crippen molar-refractivity contribution in [2.75, 3.05) is 24.7 Å². The van der Waals surface area contributed by atoms with Crippen LogP contribution in [0.2, 0.25) is 0 Å².